The van der Waals surface area contributed by atoms with Gasteiger partial charge in [0.05, 0.1) is 30.4 Å². The molecule has 3 rings (SSSR count). The first kappa shape index (κ1) is 12.2. The summed E-state index contributed by atoms with van der Waals surface area (Å²) in [6.07, 6.45) is 0. The Balaban J connectivity index is 1.99. The molecule has 0 bridgehead atoms. The van der Waals surface area contributed by atoms with Gasteiger partial charge >= 0.3 is 6.03 Å². The predicted molar refractivity (Wildman–Crippen MR) is 69.9 cm³/mol. The van der Waals surface area contributed by atoms with Crippen LogP contribution >= 0.6 is 0 Å². The van der Waals surface area contributed by atoms with Crippen molar-refractivity contribution in [2.24, 2.45) is 5.41 Å². The van der Waals surface area contributed by atoms with E-state index in [1.165, 1.54) is 4.90 Å². The average molecular weight is 260 g/mol. The number of ether oxygens (including phenoxy) is 1. The van der Waals surface area contributed by atoms with Crippen LogP contribution in [0.3, 0.4) is 0 Å². The van der Waals surface area contributed by atoms with E-state index in [0.717, 1.165) is 5.56 Å². The van der Waals surface area contributed by atoms with E-state index in [2.05, 4.69) is 5.32 Å². The number of amides is 3. The zero-order valence-electron chi connectivity index (χ0n) is 11.0. The second-order valence-corrected chi connectivity index (χ2v) is 5.41. The van der Waals surface area contributed by atoms with Gasteiger partial charge in [-0.15, -0.1) is 0 Å². The van der Waals surface area contributed by atoms with E-state index in [1.54, 1.807) is 12.1 Å². The normalized spacial score (nSPS) is 30.2. The molecule has 2 aliphatic rings. The van der Waals surface area contributed by atoms with Crippen molar-refractivity contribution in [1.29, 1.82) is 0 Å². The van der Waals surface area contributed by atoms with Crippen molar-refractivity contribution in [3.63, 3.8) is 0 Å². The number of aryl methyl sites for hydroxylation is 1. The summed E-state index contributed by atoms with van der Waals surface area (Å²) in [4.78, 5) is 25.9. The van der Waals surface area contributed by atoms with E-state index >= 15 is 0 Å². The number of urea groups is 1. The summed E-state index contributed by atoms with van der Waals surface area (Å²) in [6.45, 7) is 4.55. The molecule has 1 aromatic rings. The van der Waals surface area contributed by atoms with Gasteiger partial charge in [-0.3, -0.25) is 4.79 Å². The van der Waals surface area contributed by atoms with E-state index in [4.69, 9.17) is 4.74 Å². The van der Waals surface area contributed by atoms with Crippen LogP contribution in [0, 0.1) is 12.3 Å². The van der Waals surface area contributed by atoms with Gasteiger partial charge in [-0.05, 0) is 26.0 Å². The van der Waals surface area contributed by atoms with E-state index in [-0.39, 0.29) is 18.0 Å². The maximum atomic E-state index is 12.6. The molecule has 1 N–H and O–H groups in total. The first-order valence-corrected chi connectivity index (χ1v) is 6.32. The van der Waals surface area contributed by atoms with Crippen molar-refractivity contribution in [3.8, 4) is 0 Å². The lowest BCUT2D eigenvalue weighted by Gasteiger charge is -2.39. The zero-order chi connectivity index (χ0) is 13.6. The molecule has 2 heterocycles. The fraction of sp³-hybridized carbons (Fsp3) is 0.429. The quantitative estimate of drug-likeness (QED) is 0.831. The SMILES string of the molecule is Cc1ccc(N2C(=O)NC3COCC3(C)C2=O)cc1. The van der Waals surface area contributed by atoms with Gasteiger partial charge in [0.1, 0.15) is 0 Å². The Kier molecular flexibility index (Phi) is 2.60. The number of imide groups is 1. The molecule has 5 nitrogen and oxygen atoms in total. The molecular formula is C14H16N2O3. The molecule has 0 saturated carbocycles. The minimum atomic E-state index is -0.668. The second kappa shape index (κ2) is 4.06. The molecule has 0 radical (unpaired) electrons. The second-order valence-electron chi connectivity index (χ2n) is 5.41. The number of nitrogens with zero attached hydrogens (tertiary/aromatic N) is 1. The summed E-state index contributed by atoms with van der Waals surface area (Å²) in [7, 11) is 0. The van der Waals surface area contributed by atoms with Crippen LogP contribution in [-0.2, 0) is 9.53 Å². The topological polar surface area (TPSA) is 58.6 Å². The third kappa shape index (κ3) is 1.73. The van der Waals surface area contributed by atoms with Crippen LogP contribution in [0.5, 0.6) is 0 Å². The fourth-order valence-electron chi connectivity index (χ4n) is 2.57. The first-order valence-electron chi connectivity index (χ1n) is 6.32. The molecule has 0 aromatic heterocycles. The Bertz CT molecular complexity index is 540. The summed E-state index contributed by atoms with van der Waals surface area (Å²) in [5.74, 6) is -0.192. The number of rotatable bonds is 1. The molecule has 0 aliphatic carbocycles. The van der Waals surface area contributed by atoms with E-state index in [9.17, 15) is 9.59 Å². The Morgan fingerprint density at radius 2 is 2.00 bits per heavy atom. The van der Waals surface area contributed by atoms with E-state index in [0.29, 0.717) is 18.9 Å². The average Bonchev–Trinajstić information content (AvgIpc) is 2.75. The highest BCUT2D eigenvalue weighted by Crippen LogP contribution is 2.35. The van der Waals surface area contributed by atoms with Crippen molar-refractivity contribution in [2.45, 2.75) is 19.9 Å². The van der Waals surface area contributed by atoms with Crippen LogP contribution in [0.15, 0.2) is 24.3 Å². The number of hydrogen-bond acceptors (Lipinski definition) is 3. The van der Waals surface area contributed by atoms with Crippen LogP contribution in [0.2, 0.25) is 0 Å². The van der Waals surface area contributed by atoms with Crippen LogP contribution in [-0.4, -0.2) is 31.2 Å². The summed E-state index contributed by atoms with van der Waals surface area (Å²) >= 11 is 0. The van der Waals surface area contributed by atoms with Gasteiger partial charge in [-0.2, -0.15) is 0 Å². The molecule has 100 valence electrons. The third-order valence-electron chi connectivity index (χ3n) is 3.94. The monoisotopic (exact) mass is 260 g/mol. The number of nitrogens with one attached hydrogen (secondary N) is 1. The molecule has 3 amide bonds. The lowest BCUT2D eigenvalue weighted by molar-refractivity contribution is -0.128. The van der Waals surface area contributed by atoms with Gasteiger partial charge in [0.2, 0.25) is 5.91 Å². The predicted octanol–water partition coefficient (Wildman–Crippen LogP) is 1.46. The number of hydrogen-bond donors (Lipinski definition) is 1. The molecular weight excluding hydrogens is 244 g/mol. The number of anilines is 1. The standard InChI is InChI=1S/C14H16N2O3/c1-9-3-5-10(6-4-9)16-12(17)14(2)8-19-7-11(14)15-13(16)18/h3-6,11H,7-8H2,1-2H3,(H,15,18). The molecule has 5 heteroatoms. The number of benzene rings is 1. The van der Waals surface area contributed by atoms with Crippen LogP contribution < -0.4 is 10.2 Å². The fourth-order valence-corrected chi connectivity index (χ4v) is 2.57. The van der Waals surface area contributed by atoms with Gasteiger partial charge < -0.3 is 10.1 Å². The molecule has 2 atom stereocenters. The van der Waals surface area contributed by atoms with Crippen molar-refractivity contribution >= 4 is 17.6 Å². The number of carbonyl (C=O) groups is 2. The first-order chi connectivity index (χ1) is 9.02. The van der Waals surface area contributed by atoms with Gasteiger partial charge in [0.15, 0.2) is 0 Å². The smallest absolute Gasteiger partial charge is 0.329 e. The van der Waals surface area contributed by atoms with Crippen molar-refractivity contribution in [2.75, 3.05) is 18.1 Å². The Hall–Kier alpha value is -1.88. The summed E-state index contributed by atoms with van der Waals surface area (Å²) in [6, 6.07) is 6.74. The van der Waals surface area contributed by atoms with Crippen LogP contribution in [0.4, 0.5) is 10.5 Å². The van der Waals surface area contributed by atoms with Crippen molar-refractivity contribution in [3.05, 3.63) is 29.8 Å². The molecule has 19 heavy (non-hydrogen) atoms. The molecule has 2 unspecified atom stereocenters. The van der Waals surface area contributed by atoms with E-state index < -0.39 is 5.41 Å². The highest BCUT2D eigenvalue weighted by atomic mass is 16.5. The maximum Gasteiger partial charge on any atom is 0.329 e. The van der Waals surface area contributed by atoms with Gasteiger partial charge in [-0.25, -0.2) is 9.69 Å². The van der Waals surface area contributed by atoms with Crippen LogP contribution in [0.1, 0.15) is 12.5 Å². The molecule has 2 aliphatic heterocycles. The molecule has 1 aromatic carbocycles. The Morgan fingerprint density at radius 1 is 1.32 bits per heavy atom. The maximum absolute atomic E-state index is 12.6. The van der Waals surface area contributed by atoms with Gasteiger partial charge in [0, 0.05) is 0 Å². The molecule has 0 spiro atoms. The minimum absolute atomic E-state index is 0.192. The minimum Gasteiger partial charge on any atom is -0.378 e. The molecule has 2 saturated heterocycles. The van der Waals surface area contributed by atoms with Crippen molar-refractivity contribution < 1.29 is 14.3 Å². The summed E-state index contributed by atoms with van der Waals surface area (Å²) < 4.78 is 5.35. The highest BCUT2D eigenvalue weighted by molar-refractivity contribution is 6.18. The van der Waals surface area contributed by atoms with Gasteiger partial charge in [-0.1, -0.05) is 17.7 Å². The van der Waals surface area contributed by atoms with Gasteiger partial charge in [0.25, 0.3) is 0 Å². The Labute approximate surface area is 111 Å². The lowest BCUT2D eigenvalue weighted by Crippen LogP contribution is -2.64. The largest absolute Gasteiger partial charge is 0.378 e. The van der Waals surface area contributed by atoms with Crippen LogP contribution in [0.25, 0.3) is 0 Å². The Morgan fingerprint density at radius 3 is 2.68 bits per heavy atom. The summed E-state index contributed by atoms with van der Waals surface area (Å²) in [5.41, 5.74) is 1.01. The summed E-state index contributed by atoms with van der Waals surface area (Å²) in [5, 5.41) is 2.85. The van der Waals surface area contributed by atoms with Crippen molar-refractivity contribution in [1.82, 2.24) is 5.32 Å². The van der Waals surface area contributed by atoms with E-state index in [1.807, 2.05) is 26.0 Å². The zero-order valence-corrected chi connectivity index (χ0v) is 11.0. The highest BCUT2D eigenvalue weighted by Gasteiger charge is 2.54. The lowest BCUT2D eigenvalue weighted by atomic mass is 9.82. The third-order valence-corrected chi connectivity index (χ3v) is 3.94. The number of fused-ring (bicyclic) bond motifs is 1. The molecule has 2 fully saturated rings. The number of carbonyl (C=O) groups excluding carboxylic acids is 2.